The fraction of sp³-hybridized carbons (Fsp3) is 0.750. The molecule has 6 heteroatoms. The third-order valence-corrected chi connectivity index (χ3v) is 2.14. The van der Waals surface area contributed by atoms with Crippen molar-refractivity contribution in [2.45, 2.75) is 66.2 Å². The molecular weight excluding hydrogens is 294 g/mol. The second-order valence-corrected chi connectivity index (χ2v) is 3.98. The van der Waals surface area contributed by atoms with Crippen LogP contribution in [0.25, 0.3) is 0 Å². The SMILES string of the molecule is CC.CCCC(F)(F)CC.CCCOC(=O)/C=C/C(=O)OC. The number of esters is 2. The van der Waals surface area contributed by atoms with Crippen LogP contribution >= 0.6 is 0 Å². The highest BCUT2D eigenvalue weighted by Gasteiger charge is 2.23. The number of hydrogen-bond acceptors (Lipinski definition) is 4. The monoisotopic (exact) mass is 324 g/mol. The van der Waals surface area contributed by atoms with Gasteiger partial charge in [0.1, 0.15) is 0 Å². The van der Waals surface area contributed by atoms with Crippen LogP contribution in [-0.2, 0) is 19.1 Å². The molecule has 0 amide bonds. The Morgan fingerprint density at radius 1 is 1.00 bits per heavy atom. The van der Waals surface area contributed by atoms with Gasteiger partial charge in [-0.05, 0) is 6.42 Å². The minimum Gasteiger partial charge on any atom is -0.466 e. The minimum absolute atomic E-state index is 0.0269. The van der Waals surface area contributed by atoms with Gasteiger partial charge in [-0.3, -0.25) is 0 Å². The molecule has 0 aromatic heterocycles. The Bertz CT molecular complexity index is 303. The standard InChI is InChI=1S/C8H12O4.C6H12F2.C2H6/c1-3-6-12-8(10)5-4-7(9)11-2;1-3-5-6(7,8)4-2;1-2/h4-5H,3,6H2,1-2H3;3-5H2,1-2H3;1-2H3/b5-4+;;. The zero-order valence-electron chi connectivity index (χ0n) is 14.6. The number of rotatable bonds is 7. The van der Waals surface area contributed by atoms with Gasteiger partial charge in [-0.25, -0.2) is 18.4 Å². The molecule has 0 fully saturated rings. The average Bonchev–Trinajstić information content (AvgIpc) is 2.53. The van der Waals surface area contributed by atoms with E-state index in [4.69, 9.17) is 0 Å². The van der Waals surface area contributed by atoms with Crippen molar-refractivity contribution in [2.75, 3.05) is 13.7 Å². The molecule has 22 heavy (non-hydrogen) atoms. The predicted octanol–water partition coefficient (Wildman–Crippen LogP) is 4.53. The van der Waals surface area contributed by atoms with Crippen molar-refractivity contribution < 1.29 is 27.8 Å². The number of carbonyl (C=O) groups excluding carboxylic acids is 2. The molecule has 0 saturated carbocycles. The highest BCUT2D eigenvalue weighted by atomic mass is 19.3. The van der Waals surface area contributed by atoms with Gasteiger partial charge in [0.15, 0.2) is 0 Å². The molecule has 0 saturated heterocycles. The summed E-state index contributed by atoms with van der Waals surface area (Å²) in [5.74, 6) is -3.50. The normalized spacial score (nSPS) is 10.0. The molecule has 0 unspecified atom stereocenters. The lowest BCUT2D eigenvalue weighted by molar-refractivity contribution is -0.139. The molecule has 132 valence electrons. The largest absolute Gasteiger partial charge is 0.466 e. The van der Waals surface area contributed by atoms with E-state index in [0.29, 0.717) is 13.0 Å². The van der Waals surface area contributed by atoms with Crippen LogP contribution in [0.5, 0.6) is 0 Å². The fourth-order valence-corrected chi connectivity index (χ4v) is 0.997. The van der Waals surface area contributed by atoms with E-state index in [1.807, 2.05) is 20.8 Å². The minimum atomic E-state index is -2.41. The van der Waals surface area contributed by atoms with E-state index in [1.165, 1.54) is 14.0 Å². The Labute approximate surface area is 132 Å². The third kappa shape index (κ3) is 20.8. The number of halogens is 2. The zero-order chi connectivity index (χ0) is 18.0. The van der Waals surface area contributed by atoms with Crippen molar-refractivity contribution in [3.05, 3.63) is 12.2 Å². The molecule has 0 aromatic rings. The molecule has 0 rings (SSSR count). The second kappa shape index (κ2) is 17.6. The van der Waals surface area contributed by atoms with Crippen LogP contribution in [0.3, 0.4) is 0 Å². The molecule has 0 N–H and O–H groups in total. The number of hydrogen-bond donors (Lipinski definition) is 0. The van der Waals surface area contributed by atoms with Crippen molar-refractivity contribution in [3.8, 4) is 0 Å². The first-order valence-corrected chi connectivity index (χ1v) is 7.63. The highest BCUT2D eigenvalue weighted by Crippen LogP contribution is 2.23. The van der Waals surface area contributed by atoms with Gasteiger partial charge in [-0.2, -0.15) is 0 Å². The lowest BCUT2D eigenvalue weighted by Crippen LogP contribution is -2.12. The number of ether oxygens (including phenoxy) is 2. The van der Waals surface area contributed by atoms with E-state index < -0.39 is 17.9 Å². The summed E-state index contributed by atoms with van der Waals surface area (Å²) in [7, 11) is 1.24. The van der Waals surface area contributed by atoms with Gasteiger partial charge < -0.3 is 9.47 Å². The van der Waals surface area contributed by atoms with Crippen LogP contribution in [0.4, 0.5) is 8.78 Å². The third-order valence-electron chi connectivity index (χ3n) is 2.14. The highest BCUT2D eigenvalue weighted by molar-refractivity contribution is 5.91. The molecule has 0 aliphatic rings. The van der Waals surface area contributed by atoms with Gasteiger partial charge in [-0.1, -0.05) is 41.0 Å². The van der Waals surface area contributed by atoms with Crippen molar-refractivity contribution in [3.63, 3.8) is 0 Å². The lowest BCUT2D eigenvalue weighted by Gasteiger charge is -2.10. The maximum absolute atomic E-state index is 12.2. The Kier molecular flexibility index (Phi) is 20.4. The maximum Gasteiger partial charge on any atom is 0.331 e. The first kappa shape index (κ1) is 25.5. The molecule has 0 radical (unpaired) electrons. The first-order chi connectivity index (χ1) is 10.3. The van der Waals surface area contributed by atoms with E-state index in [2.05, 4.69) is 9.47 Å². The zero-order valence-corrected chi connectivity index (χ0v) is 14.6. The van der Waals surface area contributed by atoms with E-state index >= 15 is 0 Å². The van der Waals surface area contributed by atoms with Gasteiger partial charge in [0.2, 0.25) is 5.92 Å². The summed E-state index contributed by atoms with van der Waals surface area (Å²) in [6.07, 6.45) is 3.41. The van der Waals surface area contributed by atoms with Crippen LogP contribution in [0, 0.1) is 0 Å². The summed E-state index contributed by atoms with van der Waals surface area (Å²) >= 11 is 0. The smallest absolute Gasteiger partial charge is 0.331 e. The van der Waals surface area contributed by atoms with Gasteiger partial charge in [-0.15, -0.1) is 0 Å². The van der Waals surface area contributed by atoms with Gasteiger partial charge >= 0.3 is 11.9 Å². The fourth-order valence-electron chi connectivity index (χ4n) is 0.997. The van der Waals surface area contributed by atoms with Crippen molar-refractivity contribution in [1.29, 1.82) is 0 Å². The topological polar surface area (TPSA) is 52.6 Å². The summed E-state index contributed by atoms with van der Waals surface area (Å²) in [5.41, 5.74) is 0. The quantitative estimate of drug-likeness (QED) is 0.510. The molecular formula is C16H30F2O4. The Morgan fingerprint density at radius 3 is 1.82 bits per heavy atom. The van der Waals surface area contributed by atoms with Crippen LogP contribution in [0.1, 0.15) is 60.3 Å². The van der Waals surface area contributed by atoms with Crippen LogP contribution < -0.4 is 0 Å². The average molecular weight is 324 g/mol. The van der Waals surface area contributed by atoms with E-state index in [0.717, 1.165) is 18.6 Å². The number of methoxy groups -OCH3 is 1. The van der Waals surface area contributed by atoms with Gasteiger partial charge in [0.05, 0.1) is 13.7 Å². The number of carbonyl (C=O) groups is 2. The van der Waals surface area contributed by atoms with E-state index in [9.17, 15) is 18.4 Å². The summed E-state index contributed by atoms with van der Waals surface area (Å²) in [4.78, 5) is 21.2. The maximum atomic E-state index is 12.2. The second-order valence-electron chi connectivity index (χ2n) is 3.98. The summed E-state index contributed by atoms with van der Waals surface area (Å²) in [6.45, 7) is 9.53. The molecule has 4 nitrogen and oxygen atoms in total. The van der Waals surface area contributed by atoms with Gasteiger partial charge in [0, 0.05) is 25.0 Å². The van der Waals surface area contributed by atoms with Gasteiger partial charge in [0.25, 0.3) is 0 Å². The first-order valence-electron chi connectivity index (χ1n) is 7.63. The molecule has 0 aromatic carbocycles. The summed E-state index contributed by atoms with van der Waals surface area (Å²) in [5, 5.41) is 0. The van der Waals surface area contributed by atoms with Crippen LogP contribution in [0.2, 0.25) is 0 Å². The van der Waals surface area contributed by atoms with E-state index in [-0.39, 0.29) is 12.8 Å². The van der Waals surface area contributed by atoms with Crippen LogP contribution in [-0.4, -0.2) is 31.6 Å². The van der Waals surface area contributed by atoms with E-state index in [1.54, 1.807) is 6.92 Å². The lowest BCUT2D eigenvalue weighted by atomic mass is 10.1. The molecule has 0 aliphatic heterocycles. The molecule has 0 aliphatic carbocycles. The van der Waals surface area contributed by atoms with Crippen molar-refractivity contribution in [2.24, 2.45) is 0 Å². The van der Waals surface area contributed by atoms with Crippen molar-refractivity contribution in [1.82, 2.24) is 0 Å². The Morgan fingerprint density at radius 2 is 1.50 bits per heavy atom. The molecule has 0 heterocycles. The number of alkyl halides is 2. The van der Waals surface area contributed by atoms with Crippen LogP contribution in [0.15, 0.2) is 12.2 Å². The van der Waals surface area contributed by atoms with Crippen molar-refractivity contribution >= 4 is 11.9 Å². The summed E-state index contributed by atoms with van der Waals surface area (Å²) in [6, 6.07) is 0. The Hall–Kier alpha value is -1.46. The molecule has 0 bridgehead atoms. The Balaban J connectivity index is -0.000000313. The molecule has 0 spiro atoms. The molecule has 0 atom stereocenters. The summed E-state index contributed by atoms with van der Waals surface area (Å²) < 4.78 is 33.2. The predicted molar refractivity (Wildman–Crippen MR) is 83.9 cm³/mol.